The van der Waals surface area contributed by atoms with E-state index in [1.54, 1.807) is 11.3 Å². The van der Waals surface area contributed by atoms with E-state index in [2.05, 4.69) is 30.6 Å². The second-order valence-electron chi connectivity index (χ2n) is 3.93. The van der Waals surface area contributed by atoms with Crippen LogP contribution >= 0.6 is 11.3 Å². The normalized spacial score (nSPS) is 25.4. The smallest absolute Gasteiger partial charge is 0.121 e. The summed E-state index contributed by atoms with van der Waals surface area (Å²) in [6.45, 7) is 5.22. The highest BCUT2D eigenvalue weighted by molar-refractivity contribution is 7.14. The fraction of sp³-hybridized carbons (Fsp3) is 0.636. The minimum Gasteiger partial charge on any atom is -0.310 e. The molecular weight excluding hydrogens is 208 g/mol. The van der Waals surface area contributed by atoms with Gasteiger partial charge >= 0.3 is 0 Å². The van der Waals surface area contributed by atoms with Crippen molar-refractivity contribution in [3.8, 4) is 0 Å². The van der Waals surface area contributed by atoms with Crippen molar-refractivity contribution >= 4 is 16.3 Å². The molecule has 2 N–H and O–H groups in total. The van der Waals surface area contributed by atoms with E-state index in [1.807, 2.05) is 0 Å². The Labute approximate surface area is 94.7 Å². The quantitative estimate of drug-likeness (QED) is 0.832. The second-order valence-corrected chi connectivity index (χ2v) is 4.83. The lowest BCUT2D eigenvalue weighted by molar-refractivity contribution is 0.189. The van der Waals surface area contributed by atoms with Crippen LogP contribution in [-0.2, 0) is 0 Å². The molecule has 84 valence electrons. The lowest BCUT2D eigenvalue weighted by Gasteiger charge is -2.36. The molecule has 1 aliphatic heterocycles. The molecule has 15 heavy (non-hydrogen) atoms. The Hall–Kier alpha value is -0.580. The molecule has 2 rings (SSSR count). The van der Waals surface area contributed by atoms with Crippen LogP contribution in [0.3, 0.4) is 0 Å². The van der Waals surface area contributed by atoms with Crippen molar-refractivity contribution in [3.05, 3.63) is 17.0 Å². The first-order valence-corrected chi connectivity index (χ1v) is 6.44. The molecule has 2 atom stereocenters. The molecule has 0 spiro atoms. The molecular formula is C11H18N2OS. The molecule has 2 heterocycles. The van der Waals surface area contributed by atoms with Crippen LogP contribution in [0, 0.1) is 0 Å². The number of thiophene rings is 1. The molecule has 0 saturated carbocycles. The summed E-state index contributed by atoms with van der Waals surface area (Å²) in [5.74, 6) is 0. The third kappa shape index (κ3) is 1.89. The van der Waals surface area contributed by atoms with Gasteiger partial charge in [-0.25, -0.2) is 5.06 Å². The van der Waals surface area contributed by atoms with E-state index in [9.17, 15) is 5.21 Å². The van der Waals surface area contributed by atoms with Crippen LogP contribution in [-0.4, -0.2) is 17.8 Å². The van der Waals surface area contributed by atoms with Crippen LogP contribution in [0.4, 0.5) is 5.00 Å². The van der Waals surface area contributed by atoms with Gasteiger partial charge in [-0.2, -0.15) is 0 Å². The van der Waals surface area contributed by atoms with Gasteiger partial charge in [-0.05, 0) is 30.8 Å². The van der Waals surface area contributed by atoms with E-state index >= 15 is 0 Å². The Bertz CT molecular complexity index is 316. The minimum atomic E-state index is 0.250. The Morgan fingerprint density at radius 3 is 3.07 bits per heavy atom. The number of anilines is 1. The number of rotatable bonds is 3. The van der Waals surface area contributed by atoms with Crippen LogP contribution in [0.15, 0.2) is 11.4 Å². The molecule has 1 aromatic heterocycles. The number of nitrogens with zero attached hydrogens (tertiary/aromatic N) is 1. The van der Waals surface area contributed by atoms with E-state index in [4.69, 9.17) is 0 Å². The molecule has 0 saturated heterocycles. The number of hydrogen-bond acceptors (Lipinski definition) is 4. The Balaban J connectivity index is 2.27. The maximum Gasteiger partial charge on any atom is 0.121 e. The number of hydroxylamine groups is 1. The van der Waals surface area contributed by atoms with Gasteiger partial charge in [-0.1, -0.05) is 13.8 Å². The van der Waals surface area contributed by atoms with Gasteiger partial charge in [0.2, 0.25) is 0 Å². The summed E-state index contributed by atoms with van der Waals surface area (Å²) in [6.07, 6.45) is 1.97. The van der Waals surface area contributed by atoms with Gasteiger partial charge in [0.25, 0.3) is 0 Å². The zero-order valence-electron chi connectivity index (χ0n) is 9.23. The maximum absolute atomic E-state index is 10.0. The first-order chi connectivity index (χ1) is 7.27. The van der Waals surface area contributed by atoms with E-state index in [0.717, 1.165) is 24.4 Å². The number of fused-ring (bicyclic) bond motifs is 1. The molecule has 2 unspecified atom stereocenters. The van der Waals surface area contributed by atoms with Crippen LogP contribution in [0.2, 0.25) is 0 Å². The van der Waals surface area contributed by atoms with Gasteiger partial charge in [0.05, 0.1) is 6.04 Å². The van der Waals surface area contributed by atoms with Crippen molar-refractivity contribution < 1.29 is 5.21 Å². The lowest BCUT2D eigenvalue weighted by Crippen LogP contribution is -2.40. The summed E-state index contributed by atoms with van der Waals surface area (Å²) in [5, 5.41) is 18.0. The number of nitrogens with one attached hydrogen (secondary N) is 1. The van der Waals surface area contributed by atoms with Gasteiger partial charge in [-0.3, -0.25) is 5.21 Å². The lowest BCUT2D eigenvalue weighted by atomic mass is 9.95. The molecule has 1 aromatic rings. The van der Waals surface area contributed by atoms with E-state index in [0.29, 0.717) is 6.04 Å². The summed E-state index contributed by atoms with van der Waals surface area (Å²) in [4.78, 5) is 0. The summed E-state index contributed by atoms with van der Waals surface area (Å²) < 4.78 is 0. The van der Waals surface area contributed by atoms with E-state index < -0.39 is 0 Å². The van der Waals surface area contributed by atoms with E-state index in [1.165, 1.54) is 10.6 Å². The average Bonchev–Trinajstić information content (AvgIpc) is 2.71. The predicted octanol–water partition coefficient (Wildman–Crippen LogP) is 2.78. The van der Waals surface area contributed by atoms with E-state index in [-0.39, 0.29) is 6.04 Å². The van der Waals surface area contributed by atoms with Gasteiger partial charge in [-0.15, -0.1) is 11.3 Å². The van der Waals surface area contributed by atoms with Crippen molar-refractivity contribution in [1.29, 1.82) is 0 Å². The minimum absolute atomic E-state index is 0.250. The second kappa shape index (κ2) is 4.51. The van der Waals surface area contributed by atoms with Crippen LogP contribution in [0.25, 0.3) is 0 Å². The van der Waals surface area contributed by atoms with Gasteiger partial charge in [0.1, 0.15) is 5.00 Å². The Morgan fingerprint density at radius 1 is 1.60 bits per heavy atom. The molecule has 0 bridgehead atoms. The van der Waals surface area contributed by atoms with Crippen molar-refractivity contribution in [2.24, 2.45) is 0 Å². The predicted molar refractivity (Wildman–Crippen MR) is 63.7 cm³/mol. The Kier molecular flexibility index (Phi) is 3.29. The summed E-state index contributed by atoms with van der Waals surface area (Å²) >= 11 is 1.62. The standard InChI is InChI=1S/C11H18N2OS/c1-3-8-7-10(12-4-2)9-5-6-15-11(9)13(8)14/h5-6,8,10,12,14H,3-4,7H2,1-2H3. The highest BCUT2D eigenvalue weighted by Gasteiger charge is 2.31. The molecule has 0 amide bonds. The van der Waals surface area contributed by atoms with Crippen molar-refractivity contribution in [1.82, 2.24) is 5.32 Å². The first kappa shape index (κ1) is 10.9. The first-order valence-electron chi connectivity index (χ1n) is 5.56. The summed E-state index contributed by atoms with van der Waals surface area (Å²) in [6, 6.07) is 2.77. The fourth-order valence-electron chi connectivity index (χ4n) is 2.21. The molecule has 0 radical (unpaired) electrons. The summed E-state index contributed by atoms with van der Waals surface area (Å²) in [5.41, 5.74) is 1.24. The monoisotopic (exact) mass is 226 g/mol. The molecule has 4 heteroatoms. The zero-order chi connectivity index (χ0) is 10.8. The molecule has 0 aliphatic carbocycles. The van der Waals surface area contributed by atoms with Gasteiger partial charge < -0.3 is 5.32 Å². The fourth-order valence-corrected chi connectivity index (χ4v) is 3.15. The highest BCUT2D eigenvalue weighted by Crippen LogP contribution is 2.40. The molecule has 0 aromatic carbocycles. The molecule has 3 nitrogen and oxygen atoms in total. The third-order valence-electron chi connectivity index (χ3n) is 3.03. The van der Waals surface area contributed by atoms with Crippen molar-refractivity contribution in [3.63, 3.8) is 0 Å². The topological polar surface area (TPSA) is 35.5 Å². The van der Waals surface area contributed by atoms with Crippen LogP contribution in [0.5, 0.6) is 0 Å². The van der Waals surface area contributed by atoms with Crippen LogP contribution in [0.1, 0.15) is 38.3 Å². The largest absolute Gasteiger partial charge is 0.310 e. The highest BCUT2D eigenvalue weighted by atomic mass is 32.1. The maximum atomic E-state index is 10.0. The average molecular weight is 226 g/mol. The summed E-state index contributed by atoms with van der Waals surface area (Å²) in [7, 11) is 0. The molecule has 1 aliphatic rings. The van der Waals surface area contributed by atoms with Crippen molar-refractivity contribution in [2.75, 3.05) is 11.6 Å². The van der Waals surface area contributed by atoms with Gasteiger partial charge in [0.15, 0.2) is 0 Å². The SMILES string of the molecule is CCNC1CC(CC)N(O)c2sccc21. The Morgan fingerprint density at radius 2 is 2.40 bits per heavy atom. The van der Waals surface area contributed by atoms with Gasteiger partial charge in [0, 0.05) is 11.6 Å². The number of hydrogen-bond donors (Lipinski definition) is 2. The zero-order valence-corrected chi connectivity index (χ0v) is 10.0. The van der Waals surface area contributed by atoms with Crippen molar-refractivity contribution in [2.45, 2.75) is 38.8 Å². The molecule has 0 fully saturated rings. The third-order valence-corrected chi connectivity index (χ3v) is 3.95. The van der Waals surface area contributed by atoms with Crippen LogP contribution < -0.4 is 10.4 Å².